The summed E-state index contributed by atoms with van der Waals surface area (Å²) in [5.41, 5.74) is 0. The van der Waals surface area contributed by atoms with E-state index in [-0.39, 0.29) is 149 Å². The van der Waals surface area contributed by atoms with Crippen molar-refractivity contribution in [3.05, 3.63) is 0 Å². The van der Waals surface area contributed by atoms with E-state index in [0.29, 0.717) is 69.3 Å². The molecule has 0 bridgehead atoms. The SMILES string of the molecule is CCO[Si](CCCNC(=O)CSCC(C)C(=O)OCC(O)COC(=O)CCSCC(C)C(=O)OC(CS(=O)(=O)[O-])CS(=O)(=O)[O-])(OCC)OCC.CO[Si](CCCNC(=O)C(C)SCC(C)C(=O)OCC(O)COC(=O)CSCC(C)C(=O)NCCS(=O)(=O)[O-])(OC)OC.[Na+].[Na+].[Na+]. The number of rotatable bonds is 54. The Morgan fingerprint density at radius 1 is 0.495 bits per heavy atom. The van der Waals surface area contributed by atoms with Crippen LogP contribution in [-0.4, -0.2) is 283 Å². The van der Waals surface area contributed by atoms with Crippen LogP contribution in [0.15, 0.2) is 0 Å². The Hall–Kier alpha value is 0.00377. The van der Waals surface area contributed by atoms with Crippen molar-refractivity contribution in [3.8, 4) is 0 Å². The quantitative estimate of drug-likeness (QED) is 0.0124. The minimum atomic E-state index is -4.99. The molecule has 97 heavy (non-hydrogen) atoms. The van der Waals surface area contributed by atoms with E-state index < -0.39 is 168 Å². The second-order valence-electron chi connectivity index (χ2n) is 20.6. The van der Waals surface area contributed by atoms with E-state index in [2.05, 4.69) is 16.0 Å². The van der Waals surface area contributed by atoms with Crippen molar-refractivity contribution < 1.29 is 226 Å². The molecule has 33 nitrogen and oxygen atoms in total. The summed E-state index contributed by atoms with van der Waals surface area (Å²) in [6.07, 6.45) is -3.36. The van der Waals surface area contributed by atoms with Gasteiger partial charge in [0.25, 0.3) is 0 Å². The number of carbonyl (C=O) groups is 8. The Kier molecular flexibility index (Phi) is 64.4. The molecule has 0 aromatic heterocycles. The van der Waals surface area contributed by atoms with Crippen molar-refractivity contribution >= 4 is 143 Å². The molecule has 45 heteroatoms. The fourth-order valence-corrected chi connectivity index (χ4v) is 16.9. The van der Waals surface area contributed by atoms with Crippen LogP contribution < -0.4 is 105 Å². The molecular formula is C52H96N3Na3O30S7Si2. The van der Waals surface area contributed by atoms with Crippen LogP contribution in [-0.2, 0) is 119 Å². The van der Waals surface area contributed by atoms with Crippen LogP contribution >= 0.6 is 47.0 Å². The number of aliphatic hydroxyl groups is 2. The maximum atomic E-state index is 12.3. The normalized spacial score (nSPS) is 13.9. The van der Waals surface area contributed by atoms with Gasteiger partial charge in [0.05, 0.1) is 88.5 Å². The first kappa shape index (κ1) is 106. The van der Waals surface area contributed by atoms with Crippen LogP contribution in [0.2, 0.25) is 12.1 Å². The van der Waals surface area contributed by atoms with Gasteiger partial charge in [-0.1, -0.05) is 27.7 Å². The summed E-state index contributed by atoms with van der Waals surface area (Å²) in [7, 11) is -15.3. The minimum Gasteiger partial charge on any atom is -0.748 e. The number of esters is 5. The van der Waals surface area contributed by atoms with Gasteiger partial charge in [-0.3, -0.25) is 38.4 Å². The molecule has 0 aliphatic heterocycles. The first-order valence-electron chi connectivity index (χ1n) is 29.6. The van der Waals surface area contributed by atoms with Crippen LogP contribution in [0.4, 0.5) is 0 Å². The third kappa shape index (κ3) is 57.0. The molecule has 0 saturated carbocycles. The standard InChI is InChI=1S/C28H53NO17S4Si.C24H46N2O13S3Si.3Na/c1-6-43-51(44-7-2,45-8-3)13-9-11-29-25(31)18-48-17-21(4)27(33)42-15-23(30)14-41-26(32)10-12-47-16-22(5)28(34)46-24(19-49(35,36)37)20-50(38,39)40;1-17(22(29)26-9-10-42(32,33)34)14-40-16-21(28)38-12-20(27)13-39-24(31)18(2)15-41-19(3)23(30)25-8-7-11-43(35-4,36-5)37-6;;;/h21-24,30H,6-20H2,1-5H3,(H,29,31)(H,35,36,37)(H,38,39,40);17-20,27H,7-16H2,1-6H3,(H,25,30)(H,26,29)(H,32,33,34);;;/q;;3*+1/p-3. The van der Waals surface area contributed by atoms with Gasteiger partial charge in [0.2, 0.25) is 17.7 Å². The van der Waals surface area contributed by atoms with E-state index in [1.54, 1.807) is 27.7 Å². The Bertz CT molecular complexity index is 2540. The van der Waals surface area contributed by atoms with Crippen molar-refractivity contribution in [2.45, 2.75) is 110 Å². The molecule has 0 aromatic rings. The molecule has 0 aliphatic rings. The van der Waals surface area contributed by atoms with E-state index >= 15 is 0 Å². The largest absolute Gasteiger partial charge is 1.00 e. The smallest absolute Gasteiger partial charge is 0.748 e. The first-order valence-corrected chi connectivity index (χ1v) is 42.7. The summed E-state index contributed by atoms with van der Waals surface area (Å²) in [5, 5.41) is 27.6. The van der Waals surface area contributed by atoms with Gasteiger partial charge >= 0.3 is 136 Å². The average molecular weight is 1590 g/mol. The minimum absolute atomic E-state index is 0. The molecule has 7 atom stereocenters. The maximum Gasteiger partial charge on any atom is 1.00 e. The zero-order valence-electron chi connectivity index (χ0n) is 58.0. The van der Waals surface area contributed by atoms with Crippen LogP contribution in [0, 0.1) is 23.7 Å². The van der Waals surface area contributed by atoms with Crippen molar-refractivity contribution in [2.75, 3.05) is 145 Å². The van der Waals surface area contributed by atoms with E-state index in [1.807, 2.05) is 20.8 Å². The van der Waals surface area contributed by atoms with E-state index in [0.717, 1.165) is 23.5 Å². The molecule has 3 amide bonds. The fourth-order valence-electron chi connectivity index (χ4n) is 7.06. The van der Waals surface area contributed by atoms with Crippen LogP contribution in [0.5, 0.6) is 0 Å². The van der Waals surface area contributed by atoms with E-state index in [4.69, 9.17) is 50.2 Å². The number of hydrogen-bond acceptors (Lipinski definition) is 34. The Morgan fingerprint density at radius 2 is 0.907 bits per heavy atom. The second-order valence-corrected chi connectivity index (χ2v) is 35.4. The summed E-state index contributed by atoms with van der Waals surface area (Å²) in [6.45, 7) is 13.9. The Balaban J connectivity index is -0.000000572. The number of hydrogen-bond donors (Lipinski definition) is 5. The number of aliphatic hydroxyl groups excluding tert-OH is 2. The second kappa shape index (κ2) is 59.2. The molecule has 0 heterocycles. The van der Waals surface area contributed by atoms with Gasteiger partial charge in [-0.05, 0) is 40.5 Å². The molecule has 5 N–H and O–H groups in total. The van der Waals surface area contributed by atoms with Crippen molar-refractivity contribution in [3.63, 3.8) is 0 Å². The van der Waals surface area contributed by atoms with Gasteiger partial charge in [-0.15, -0.1) is 23.5 Å². The molecule has 0 rings (SSSR count). The number of amides is 3. The van der Waals surface area contributed by atoms with Gasteiger partial charge in [0.1, 0.15) is 44.7 Å². The number of thioether (sulfide) groups is 4. The molecule has 0 aliphatic carbocycles. The molecular weight excluding hydrogens is 1500 g/mol. The summed E-state index contributed by atoms with van der Waals surface area (Å²) in [5.74, 6) is -9.28. The molecule has 7 unspecified atom stereocenters. The Labute approximate surface area is 656 Å². The fraction of sp³-hybridized carbons (Fsp3) is 0.846. The zero-order chi connectivity index (χ0) is 72.1. The first-order chi connectivity index (χ1) is 43.8. The van der Waals surface area contributed by atoms with Crippen LogP contribution in [0.3, 0.4) is 0 Å². The third-order valence-corrected chi connectivity index (χ3v) is 25.3. The number of nitrogens with one attached hydrogen (secondary N) is 3. The molecule has 552 valence electrons. The maximum absolute atomic E-state index is 12.3. The summed E-state index contributed by atoms with van der Waals surface area (Å²) < 4.78 is 156. The topological polar surface area (TPSA) is 486 Å². The molecule has 0 aromatic carbocycles. The monoisotopic (exact) mass is 1590 g/mol. The predicted octanol–water partition coefficient (Wildman–Crippen LogP) is -9.26. The van der Waals surface area contributed by atoms with Gasteiger partial charge in [0, 0.05) is 108 Å². The van der Waals surface area contributed by atoms with E-state index in [9.17, 15) is 87.5 Å². The van der Waals surface area contributed by atoms with Crippen molar-refractivity contribution in [1.82, 2.24) is 16.0 Å². The summed E-state index contributed by atoms with van der Waals surface area (Å²) in [4.78, 5) is 97.0. The van der Waals surface area contributed by atoms with Crippen LogP contribution in [0.25, 0.3) is 0 Å². The van der Waals surface area contributed by atoms with Gasteiger partial charge < -0.3 is 90.1 Å². The molecule has 0 fully saturated rings. The number of ether oxygens (including phenoxy) is 5. The Morgan fingerprint density at radius 3 is 1.38 bits per heavy atom. The van der Waals surface area contributed by atoms with Gasteiger partial charge in [-0.2, -0.15) is 23.5 Å². The molecule has 0 spiro atoms. The van der Waals surface area contributed by atoms with E-state index in [1.165, 1.54) is 51.8 Å². The molecule has 0 saturated heterocycles. The third-order valence-electron chi connectivity index (χ3n) is 12.0. The molecule has 0 radical (unpaired) electrons. The zero-order valence-corrected chi connectivity index (χ0v) is 71.7. The van der Waals surface area contributed by atoms with Gasteiger partial charge in [-0.25, -0.2) is 25.3 Å². The predicted molar refractivity (Wildman–Crippen MR) is 350 cm³/mol. The van der Waals surface area contributed by atoms with Crippen molar-refractivity contribution in [2.24, 2.45) is 23.7 Å². The summed E-state index contributed by atoms with van der Waals surface area (Å²) >= 11 is 4.75. The van der Waals surface area contributed by atoms with Crippen molar-refractivity contribution in [1.29, 1.82) is 0 Å². The van der Waals surface area contributed by atoms with Crippen LogP contribution in [0.1, 0.15) is 74.7 Å². The number of carbonyl (C=O) groups excluding carboxylic acids is 8. The summed E-state index contributed by atoms with van der Waals surface area (Å²) in [6, 6.07) is 1.12. The van der Waals surface area contributed by atoms with Gasteiger partial charge in [0.15, 0.2) is 0 Å². The average Bonchev–Trinajstić information content (AvgIpc) is 0.921.